The highest BCUT2D eigenvalue weighted by molar-refractivity contribution is 9.10. The quantitative estimate of drug-likeness (QED) is 0.756. The first-order valence-electron chi connectivity index (χ1n) is 4.14. The standard InChI is InChI=1S/C11H7BrClN/c12-9-5-3-4-8(11(9)13)10-6-1-2-7-14-10/h1-7H. The van der Waals surface area contributed by atoms with Crippen LogP contribution in [0.25, 0.3) is 11.3 Å². The predicted octanol–water partition coefficient (Wildman–Crippen LogP) is 4.16. The Balaban J connectivity index is 2.58. The molecule has 0 amide bonds. The minimum Gasteiger partial charge on any atom is -0.256 e. The summed E-state index contributed by atoms with van der Waals surface area (Å²) in [4.78, 5) is 4.25. The summed E-state index contributed by atoms with van der Waals surface area (Å²) in [7, 11) is 0. The minimum absolute atomic E-state index is 0.700. The lowest BCUT2D eigenvalue weighted by atomic mass is 10.1. The molecular weight excluding hydrogens is 261 g/mol. The summed E-state index contributed by atoms with van der Waals surface area (Å²) in [5.74, 6) is 0. The highest BCUT2D eigenvalue weighted by Crippen LogP contribution is 2.32. The average Bonchev–Trinajstić information content (AvgIpc) is 2.23. The SMILES string of the molecule is Clc1c(Br)cccc1-c1ccccn1. The molecule has 0 N–H and O–H groups in total. The zero-order valence-corrected chi connectivity index (χ0v) is 9.59. The molecule has 1 aromatic carbocycles. The third-order valence-corrected chi connectivity index (χ3v) is 3.19. The monoisotopic (exact) mass is 267 g/mol. The van der Waals surface area contributed by atoms with E-state index in [1.54, 1.807) is 6.20 Å². The van der Waals surface area contributed by atoms with Gasteiger partial charge in [-0.15, -0.1) is 0 Å². The summed E-state index contributed by atoms with van der Waals surface area (Å²) in [5, 5.41) is 0.700. The summed E-state index contributed by atoms with van der Waals surface area (Å²) in [6.45, 7) is 0. The lowest BCUT2D eigenvalue weighted by molar-refractivity contribution is 1.32. The van der Waals surface area contributed by atoms with Crippen LogP contribution in [-0.4, -0.2) is 4.98 Å². The number of aromatic nitrogens is 1. The molecule has 0 spiro atoms. The third-order valence-electron chi connectivity index (χ3n) is 1.89. The van der Waals surface area contributed by atoms with Crippen molar-refractivity contribution in [3.63, 3.8) is 0 Å². The van der Waals surface area contributed by atoms with E-state index in [0.717, 1.165) is 15.7 Å². The lowest BCUT2D eigenvalue weighted by Crippen LogP contribution is -1.83. The van der Waals surface area contributed by atoms with Crippen molar-refractivity contribution in [1.82, 2.24) is 4.98 Å². The number of halogens is 2. The molecule has 0 saturated carbocycles. The smallest absolute Gasteiger partial charge is 0.0717 e. The predicted molar refractivity (Wildman–Crippen MR) is 62.4 cm³/mol. The Morgan fingerprint density at radius 3 is 2.64 bits per heavy atom. The van der Waals surface area contributed by atoms with Crippen LogP contribution in [0.4, 0.5) is 0 Å². The second kappa shape index (κ2) is 4.11. The van der Waals surface area contributed by atoms with Crippen LogP contribution in [0.3, 0.4) is 0 Å². The van der Waals surface area contributed by atoms with Crippen LogP contribution < -0.4 is 0 Å². The molecule has 0 aliphatic rings. The largest absolute Gasteiger partial charge is 0.256 e. The molecule has 0 bridgehead atoms. The van der Waals surface area contributed by atoms with Crippen molar-refractivity contribution in [2.45, 2.75) is 0 Å². The third kappa shape index (κ3) is 1.81. The fraction of sp³-hybridized carbons (Fsp3) is 0. The Bertz CT molecular complexity index is 442. The van der Waals surface area contributed by atoms with Crippen LogP contribution in [0, 0.1) is 0 Å². The molecule has 1 heterocycles. The average molecular weight is 269 g/mol. The van der Waals surface area contributed by atoms with Gasteiger partial charge in [0.2, 0.25) is 0 Å². The topological polar surface area (TPSA) is 12.9 Å². The molecule has 2 aromatic rings. The molecule has 0 radical (unpaired) electrons. The van der Waals surface area contributed by atoms with Gasteiger partial charge in [-0.3, -0.25) is 4.98 Å². The molecule has 0 unspecified atom stereocenters. The van der Waals surface area contributed by atoms with Gasteiger partial charge in [0, 0.05) is 16.2 Å². The number of nitrogens with zero attached hydrogens (tertiary/aromatic N) is 1. The summed E-state index contributed by atoms with van der Waals surface area (Å²) < 4.78 is 0.891. The van der Waals surface area contributed by atoms with E-state index in [1.807, 2.05) is 36.4 Å². The first-order valence-corrected chi connectivity index (χ1v) is 5.31. The number of hydrogen-bond acceptors (Lipinski definition) is 1. The highest BCUT2D eigenvalue weighted by Gasteiger charge is 2.06. The van der Waals surface area contributed by atoms with Crippen molar-refractivity contribution in [3.05, 3.63) is 52.1 Å². The maximum absolute atomic E-state index is 6.14. The molecule has 1 aromatic heterocycles. The maximum atomic E-state index is 6.14. The molecule has 1 nitrogen and oxygen atoms in total. The van der Waals surface area contributed by atoms with Gasteiger partial charge in [-0.05, 0) is 34.1 Å². The van der Waals surface area contributed by atoms with Crippen LogP contribution in [0.15, 0.2) is 47.1 Å². The molecule has 0 atom stereocenters. The Morgan fingerprint density at radius 1 is 1.07 bits per heavy atom. The van der Waals surface area contributed by atoms with Crippen LogP contribution in [0.2, 0.25) is 5.02 Å². The van der Waals surface area contributed by atoms with E-state index in [4.69, 9.17) is 11.6 Å². The summed E-state index contributed by atoms with van der Waals surface area (Å²) in [6.07, 6.45) is 1.76. The molecular formula is C11H7BrClN. The van der Waals surface area contributed by atoms with E-state index in [0.29, 0.717) is 5.02 Å². The number of hydrogen-bond donors (Lipinski definition) is 0. The van der Waals surface area contributed by atoms with Gasteiger partial charge in [0.05, 0.1) is 10.7 Å². The van der Waals surface area contributed by atoms with Crippen molar-refractivity contribution in [3.8, 4) is 11.3 Å². The van der Waals surface area contributed by atoms with Gasteiger partial charge in [0.1, 0.15) is 0 Å². The van der Waals surface area contributed by atoms with Crippen molar-refractivity contribution in [2.75, 3.05) is 0 Å². The van der Waals surface area contributed by atoms with Crippen molar-refractivity contribution in [1.29, 1.82) is 0 Å². The molecule has 14 heavy (non-hydrogen) atoms. The fourth-order valence-electron chi connectivity index (χ4n) is 1.22. The number of rotatable bonds is 1. The molecule has 0 fully saturated rings. The van der Waals surface area contributed by atoms with Crippen molar-refractivity contribution < 1.29 is 0 Å². The first kappa shape index (κ1) is 9.69. The second-order valence-corrected chi connectivity index (χ2v) is 4.05. The van der Waals surface area contributed by atoms with E-state index in [1.165, 1.54) is 0 Å². The minimum atomic E-state index is 0.700. The van der Waals surface area contributed by atoms with Crippen molar-refractivity contribution in [2.24, 2.45) is 0 Å². The Labute approximate surface area is 95.9 Å². The van der Waals surface area contributed by atoms with Gasteiger partial charge in [-0.1, -0.05) is 29.8 Å². The molecule has 70 valence electrons. The van der Waals surface area contributed by atoms with E-state index < -0.39 is 0 Å². The Hall–Kier alpha value is -0.860. The molecule has 0 aliphatic heterocycles. The summed E-state index contributed by atoms with van der Waals surface area (Å²) >= 11 is 9.52. The van der Waals surface area contributed by atoms with Gasteiger partial charge >= 0.3 is 0 Å². The van der Waals surface area contributed by atoms with Gasteiger partial charge in [0.25, 0.3) is 0 Å². The van der Waals surface area contributed by atoms with Crippen LogP contribution >= 0.6 is 27.5 Å². The second-order valence-electron chi connectivity index (χ2n) is 2.82. The molecule has 0 aliphatic carbocycles. The Kier molecular flexibility index (Phi) is 2.85. The van der Waals surface area contributed by atoms with E-state index >= 15 is 0 Å². The molecule has 2 rings (SSSR count). The van der Waals surface area contributed by atoms with E-state index in [-0.39, 0.29) is 0 Å². The van der Waals surface area contributed by atoms with Gasteiger partial charge in [-0.2, -0.15) is 0 Å². The first-order chi connectivity index (χ1) is 6.79. The number of benzene rings is 1. The van der Waals surface area contributed by atoms with Gasteiger partial charge in [-0.25, -0.2) is 0 Å². The van der Waals surface area contributed by atoms with Gasteiger partial charge < -0.3 is 0 Å². The lowest BCUT2D eigenvalue weighted by Gasteiger charge is -2.04. The van der Waals surface area contributed by atoms with E-state index in [9.17, 15) is 0 Å². The maximum Gasteiger partial charge on any atom is 0.0717 e. The highest BCUT2D eigenvalue weighted by atomic mass is 79.9. The summed E-state index contributed by atoms with van der Waals surface area (Å²) in [5.41, 5.74) is 1.83. The normalized spacial score (nSPS) is 10.1. The van der Waals surface area contributed by atoms with Crippen LogP contribution in [-0.2, 0) is 0 Å². The molecule has 0 saturated heterocycles. The fourth-order valence-corrected chi connectivity index (χ4v) is 1.81. The van der Waals surface area contributed by atoms with Crippen molar-refractivity contribution >= 4 is 27.5 Å². The summed E-state index contributed by atoms with van der Waals surface area (Å²) in [6, 6.07) is 11.6. The molecule has 3 heteroatoms. The zero-order chi connectivity index (χ0) is 9.97. The number of pyridine rings is 1. The zero-order valence-electron chi connectivity index (χ0n) is 7.24. The van der Waals surface area contributed by atoms with Crippen LogP contribution in [0.1, 0.15) is 0 Å². The van der Waals surface area contributed by atoms with Gasteiger partial charge in [0.15, 0.2) is 0 Å². The van der Waals surface area contributed by atoms with E-state index in [2.05, 4.69) is 20.9 Å². The van der Waals surface area contributed by atoms with Crippen LogP contribution in [0.5, 0.6) is 0 Å². The Morgan fingerprint density at radius 2 is 1.93 bits per heavy atom.